The third-order valence-corrected chi connectivity index (χ3v) is 6.47. The molecule has 2 aromatic carbocycles. The van der Waals surface area contributed by atoms with Crippen LogP contribution in [-0.2, 0) is 4.79 Å². The predicted octanol–water partition coefficient (Wildman–Crippen LogP) is 7.35. The van der Waals surface area contributed by atoms with E-state index in [9.17, 15) is 9.18 Å². The lowest BCUT2D eigenvalue weighted by Gasteiger charge is -2.17. The Bertz CT molecular complexity index is 1850. The quantitative estimate of drug-likeness (QED) is 0.222. The van der Waals surface area contributed by atoms with Gasteiger partial charge in [0.2, 0.25) is 5.91 Å². The molecule has 39 heavy (non-hydrogen) atoms. The number of benzene rings is 2. The van der Waals surface area contributed by atoms with Crippen LogP contribution in [0.25, 0.3) is 55.7 Å². The lowest BCUT2D eigenvalue weighted by Crippen LogP contribution is -2.19. The number of amides is 1. The molecule has 6 rings (SSSR count). The van der Waals surface area contributed by atoms with E-state index in [4.69, 9.17) is 4.98 Å². The van der Waals surface area contributed by atoms with E-state index in [1.807, 2.05) is 69.3 Å². The Morgan fingerprint density at radius 2 is 1.79 bits per heavy atom. The summed E-state index contributed by atoms with van der Waals surface area (Å²) in [6.45, 7) is 6.08. The Hall–Kier alpha value is -4.85. The molecule has 0 fully saturated rings. The largest absolute Gasteiger partial charge is 0.353 e. The average Bonchev–Trinajstić information content (AvgIpc) is 3.51. The molecule has 3 N–H and O–H groups in total. The molecule has 4 aromatic heterocycles. The highest BCUT2D eigenvalue weighted by atomic mass is 19.1. The van der Waals surface area contributed by atoms with Gasteiger partial charge in [-0.3, -0.25) is 14.9 Å². The fourth-order valence-corrected chi connectivity index (χ4v) is 4.77. The maximum Gasteiger partial charge on any atom is 0.224 e. The van der Waals surface area contributed by atoms with Crippen LogP contribution in [0.1, 0.15) is 27.2 Å². The second-order valence-electron chi connectivity index (χ2n) is 10.9. The summed E-state index contributed by atoms with van der Waals surface area (Å²) in [5, 5.41) is 11.5. The molecule has 0 aliphatic rings. The Morgan fingerprint density at radius 3 is 2.62 bits per heavy atom. The number of H-pyrrole nitrogens is 2. The van der Waals surface area contributed by atoms with Crippen LogP contribution in [0.5, 0.6) is 0 Å². The molecule has 0 bridgehead atoms. The highest BCUT2D eigenvalue weighted by molar-refractivity contribution is 6.00. The number of halogens is 1. The molecule has 0 atom stereocenters. The van der Waals surface area contributed by atoms with Crippen LogP contribution in [0.2, 0.25) is 0 Å². The molecular formula is C31H27FN6O. The summed E-state index contributed by atoms with van der Waals surface area (Å²) >= 11 is 0. The first-order valence-corrected chi connectivity index (χ1v) is 12.7. The normalized spacial score (nSPS) is 11.8. The molecule has 7 nitrogen and oxygen atoms in total. The van der Waals surface area contributed by atoms with E-state index in [0.29, 0.717) is 29.0 Å². The van der Waals surface area contributed by atoms with E-state index in [1.54, 1.807) is 18.5 Å². The predicted molar refractivity (Wildman–Crippen MR) is 153 cm³/mol. The highest BCUT2D eigenvalue weighted by Crippen LogP contribution is 2.34. The second-order valence-corrected chi connectivity index (χ2v) is 10.9. The Morgan fingerprint density at radius 1 is 0.949 bits per heavy atom. The summed E-state index contributed by atoms with van der Waals surface area (Å²) in [5.74, 6) is -0.332. The molecule has 0 radical (unpaired) electrons. The van der Waals surface area contributed by atoms with Gasteiger partial charge in [-0.05, 0) is 59.0 Å². The number of carbonyl (C=O) groups excluding carboxylic acids is 1. The maximum absolute atomic E-state index is 13.9. The monoisotopic (exact) mass is 518 g/mol. The molecule has 0 unspecified atom stereocenters. The molecule has 0 saturated heterocycles. The van der Waals surface area contributed by atoms with Crippen molar-refractivity contribution in [2.45, 2.75) is 27.2 Å². The van der Waals surface area contributed by atoms with E-state index in [-0.39, 0.29) is 17.1 Å². The van der Waals surface area contributed by atoms with Gasteiger partial charge in [-0.25, -0.2) is 9.37 Å². The standard InChI is InChI=1S/C31H27FN6O/c1-31(2,3)15-28(39)34-21-13-19(16-33-17-21)24-10-11-26-29(36-24)30(38-37-26)27-14-23-22(8-5-9-25(23)35-27)18-6-4-7-20(32)12-18/h4-14,16-17,35H,15H2,1-3H3,(H,34,39)(H,37,38). The molecule has 0 spiro atoms. The van der Waals surface area contributed by atoms with Gasteiger partial charge < -0.3 is 10.3 Å². The number of aromatic nitrogens is 5. The van der Waals surface area contributed by atoms with Crippen molar-refractivity contribution in [1.29, 1.82) is 0 Å². The zero-order valence-corrected chi connectivity index (χ0v) is 21.8. The lowest BCUT2D eigenvalue weighted by molar-refractivity contribution is -0.117. The highest BCUT2D eigenvalue weighted by Gasteiger charge is 2.18. The van der Waals surface area contributed by atoms with Crippen molar-refractivity contribution in [3.63, 3.8) is 0 Å². The van der Waals surface area contributed by atoms with Crippen molar-refractivity contribution >= 4 is 33.5 Å². The second kappa shape index (κ2) is 9.47. The summed E-state index contributed by atoms with van der Waals surface area (Å²) in [6.07, 6.45) is 3.76. The van der Waals surface area contributed by atoms with Gasteiger partial charge in [0, 0.05) is 29.1 Å². The molecule has 1 amide bonds. The van der Waals surface area contributed by atoms with Gasteiger partial charge in [0.25, 0.3) is 0 Å². The molecule has 0 aliphatic carbocycles. The topological polar surface area (TPSA) is 99.4 Å². The summed E-state index contributed by atoms with van der Waals surface area (Å²) in [6, 6.07) is 20.2. The first kappa shape index (κ1) is 24.5. The van der Waals surface area contributed by atoms with Gasteiger partial charge in [0.1, 0.15) is 17.0 Å². The van der Waals surface area contributed by atoms with Crippen LogP contribution in [0.4, 0.5) is 10.1 Å². The lowest BCUT2D eigenvalue weighted by atomic mass is 9.92. The number of fused-ring (bicyclic) bond motifs is 2. The van der Waals surface area contributed by atoms with Gasteiger partial charge in [-0.15, -0.1) is 0 Å². The van der Waals surface area contributed by atoms with E-state index >= 15 is 0 Å². The Kier molecular flexibility index (Phi) is 5.95. The fourth-order valence-electron chi connectivity index (χ4n) is 4.77. The van der Waals surface area contributed by atoms with Crippen molar-refractivity contribution in [3.8, 4) is 33.8 Å². The van der Waals surface area contributed by atoms with Crippen LogP contribution < -0.4 is 5.32 Å². The third-order valence-electron chi connectivity index (χ3n) is 6.47. The van der Waals surface area contributed by atoms with Crippen molar-refractivity contribution in [3.05, 3.63) is 84.9 Å². The number of hydrogen-bond donors (Lipinski definition) is 3. The van der Waals surface area contributed by atoms with Gasteiger partial charge >= 0.3 is 0 Å². The first-order valence-electron chi connectivity index (χ1n) is 12.7. The fraction of sp³-hybridized carbons (Fsp3) is 0.161. The van der Waals surface area contributed by atoms with Crippen LogP contribution in [-0.4, -0.2) is 31.1 Å². The molecule has 8 heteroatoms. The number of carbonyl (C=O) groups is 1. The number of nitrogens with one attached hydrogen (secondary N) is 3. The zero-order valence-electron chi connectivity index (χ0n) is 21.8. The number of anilines is 1. The van der Waals surface area contributed by atoms with Crippen LogP contribution >= 0.6 is 0 Å². The molecule has 194 valence electrons. The van der Waals surface area contributed by atoms with Gasteiger partial charge in [0.05, 0.1) is 28.8 Å². The van der Waals surface area contributed by atoms with Crippen molar-refractivity contribution < 1.29 is 9.18 Å². The molecular weight excluding hydrogens is 491 g/mol. The van der Waals surface area contributed by atoms with Crippen LogP contribution in [0, 0.1) is 11.2 Å². The number of nitrogens with zero attached hydrogens (tertiary/aromatic N) is 3. The summed E-state index contributed by atoms with van der Waals surface area (Å²) < 4.78 is 13.9. The van der Waals surface area contributed by atoms with Crippen molar-refractivity contribution in [2.24, 2.45) is 5.41 Å². The Labute approximate surface area is 224 Å². The molecule has 0 saturated carbocycles. The smallest absolute Gasteiger partial charge is 0.224 e. The number of hydrogen-bond acceptors (Lipinski definition) is 4. The van der Waals surface area contributed by atoms with Gasteiger partial charge in [0.15, 0.2) is 0 Å². The number of aromatic amines is 2. The van der Waals surface area contributed by atoms with E-state index in [1.165, 1.54) is 12.1 Å². The molecule has 0 aliphatic heterocycles. The van der Waals surface area contributed by atoms with Gasteiger partial charge in [-0.2, -0.15) is 5.10 Å². The molecule has 4 heterocycles. The van der Waals surface area contributed by atoms with Crippen molar-refractivity contribution in [1.82, 2.24) is 25.1 Å². The van der Waals surface area contributed by atoms with Crippen LogP contribution in [0.15, 0.2) is 79.1 Å². The zero-order chi connectivity index (χ0) is 27.1. The Balaban J connectivity index is 1.37. The maximum atomic E-state index is 13.9. The van der Waals surface area contributed by atoms with Gasteiger partial charge in [-0.1, -0.05) is 45.0 Å². The summed E-state index contributed by atoms with van der Waals surface area (Å²) in [7, 11) is 0. The van der Waals surface area contributed by atoms with E-state index < -0.39 is 0 Å². The molecule has 6 aromatic rings. The average molecular weight is 519 g/mol. The van der Waals surface area contributed by atoms with E-state index in [2.05, 4.69) is 25.5 Å². The SMILES string of the molecule is CC(C)(C)CC(=O)Nc1cncc(-c2ccc3[nH]nc(-c4cc5c(-c6cccc(F)c6)cccc5[nH]4)c3n2)c1. The summed E-state index contributed by atoms with van der Waals surface area (Å²) in [5.41, 5.74) is 7.62. The minimum Gasteiger partial charge on any atom is -0.353 e. The minimum atomic E-state index is -0.275. The van der Waals surface area contributed by atoms with E-state index in [0.717, 1.165) is 38.8 Å². The van der Waals surface area contributed by atoms with Crippen molar-refractivity contribution in [2.75, 3.05) is 5.32 Å². The van der Waals surface area contributed by atoms with Crippen LogP contribution in [0.3, 0.4) is 0 Å². The number of pyridine rings is 2. The number of rotatable bonds is 5. The first-order chi connectivity index (χ1) is 18.7. The summed E-state index contributed by atoms with van der Waals surface area (Å²) in [4.78, 5) is 25.1. The minimum absolute atomic E-state index is 0.0570. The third kappa shape index (κ3) is 5.01.